The van der Waals surface area contributed by atoms with E-state index in [4.69, 9.17) is 0 Å². The Morgan fingerprint density at radius 2 is 1.78 bits per heavy atom. The van der Waals surface area contributed by atoms with Crippen molar-refractivity contribution in [3.63, 3.8) is 0 Å². The summed E-state index contributed by atoms with van der Waals surface area (Å²) in [7, 11) is -3.52. The van der Waals surface area contributed by atoms with Crippen molar-refractivity contribution >= 4 is 27.3 Å². The summed E-state index contributed by atoms with van der Waals surface area (Å²) < 4.78 is 25.2. The number of benzene rings is 2. The lowest BCUT2D eigenvalue weighted by Gasteiger charge is -2.09. The van der Waals surface area contributed by atoms with Gasteiger partial charge in [-0.25, -0.2) is 8.42 Å². The maximum absolute atomic E-state index is 12.1. The van der Waals surface area contributed by atoms with Crippen LogP contribution in [0.4, 0.5) is 11.4 Å². The van der Waals surface area contributed by atoms with E-state index in [-0.39, 0.29) is 34.2 Å². The number of sulfonamides is 1. The lowest BCUT2D eigenvalue weighted by Crippen LogP contribution is -2.11. The number of hydrogen-bond donors (Lipinski definition) is 5. The van der Waals surface area contributed by atoms with E-state index in [2.05, 4.69) is 10.0 Å². The normalized spacial score (nSPS) is 14.8. The molecule has 3 rings (SSSR count). The fraction of sp³-hybridized carbons (Fsp3) is 0.0714. The predicted octanol–water partition coefficient (Wildman–Crippen LogP) is 1.31. The lowest BCUT2D eigenvalue weighted by molar-refractivity contribution is 0.102. The first-order chi connectivity index (χ1) is 10.7. The first-order valence-electron chi connectivity index (χ1n) is 6.45. The third-order valence-corrected chi connectivity index (χ3v) is 4.50. The Labute approximate surface area is 131 Å². The van der Waals surface area contributed by atoms with Gasteiger partial charge in [-0.1, -0.05) is 0 Å². The molecule has 2 aromatic rings. The molecule has 0 atom stereocenters. The molecule has 120 valence electrons. The van der Waals surface area contributed by atoms with Gasteiger partial charge in [0.25, 0.3) is 5.91 Å². The molecule has 8 nitrogen and oxygen atoms in total. The van der Waals surface area contributed by atoms with Gasteiger partial charge in [-0.3, -0.25) is 9.52 Å². The number of carbonyl (C=O) groups is 1. The highest BCUT2D eigenvalue weighted by molar-refractivity contribution is 7.92. The van der Waals surface area contributed by atoms with E-state index >= 15 is 0 Å². The summed E-state index contributed by atoms with van der Waals surface area (Å²) in [5, 5.41) is 31.0. The van der Waals surface area contributed by atoms with Crippen molar-refractivity contribution in [3.05, 3.63) is 41.5 Å². The van der Waals surface area contributed by atoms with E-state index in [0.717, 1.165) is 6.07 Å². The van der Waals surface area contributed by atoms with Crippen LogP contribution >= 0.6 is 0 Å². The molecule has 23 heavy (non-hydrogen) atoms. The molecular formula is C14H12N2O6S. The lowest BCUT2D eigenvalue weighted by atomic mass is 10.1. The van der Waals surface area contributed by atoms with Gasteiger partial charge in [0.2, 0.25) is 10.0 Å². The molecular weight excluding hydrogens is 324 g/mol. The molecule has 0 saturated heterocycles. The average molecular weight is 336 g/mol. The van der Waals surface area contributed by atoms with Gasteiger partial charge in [0.05, 0.1) is 11.4 Å². The Bertz CT molecular complexity index is 923. The molecule has 0 aromatic heterocycles. The Morgan fingerprint density at radius 1 is 1.04 bits per heavy atom. The van der Waals surface area contributed by atoms with Crippen molar-refractivity contribution in [3.8, 4) is 17.2 Å². The Kier molecular flexibility index (Phi) is 3.29. The van der Waals surface area contributed by atoms with Crippen molar-refractivity contribution in [1.29, 1.82) is 0 Å². The van der Waals surface area contributed by atoms with Gasteiger partial charge in [0, 0.05) is 17.3 Å². The van der Waals surface area contributed by atoms with E-state index in [0.29, 0.717) is 5.56 Å². The maximum Gasteiger partial charge on any atom is 0.255 e. The number of amides is 1. The topological polar surface area (TPSA) is 136 Å². The predicted molar refractivity (Wildman–Crippen MR) is 82.1 cm³/mol. The van der Waals surface area contributed by atoms with Crippen molar-refractivity contribution in [1.82, 2.24) is 0 Å². The third kappa shape index (κ3) is 2.86. The van der Waals surface area contributed by atoms with Gasteiger partial charge in [-0.05, 0) is 29.8 Å². The summed E-state index contributed by atoms with van der Waals surface area (Å²) in [4.78, 5) is 12.1. The molecule has 0 radical (unpaired) electrons. The second-order valence-electron chi connectivity index (χ2n) is 5.05. The quantitative estimate of drug-likeness (QED) is 0.525. The number of phenols is 3. The zero-order valence-corrected chi connectivity index (χ0v) is 12.4. The van der Waals surface area contributed by atoms with Gasteiger partial charge in [0.1, 0.15) is 5.75 Å². The SMILES string of the molecule is O=C(Nc1cc(O)c2c(c1)CS(=O)(=O)N2)c1ccc(O)c(O)c1. The van der Waals surface area contributed by atoms with Gasteiger partial charge < -0.3 is 20.6 Å². The summed E-state index contributed by atoms with van der Waals surface area (Å²) >= 11 is 0. The van der Waals surface area contributed by atoms with Crippen molar-refractivity contribution in [2.24, 2.45) is 0 Å². The molecule has 1 aliphatic heterocycles. The highest BCUT2D eigenvalue weighted by Gasteiger charge is 2.27. The number of hydrogen-bond acceptors (Lipinski definition) is 6. The number of phenolic OH excluding ortho intramolecular Hbond substituents is 3. The minimum atomic E-state index is -3.52. The molecule has 1 amide bonds. The van der Waals surface area contributed by atoms with Crippen LogP contribution in [0, 0.1) is 0 Å². The fourth-order valence-electron chi connectivity index (χ4n) is 2.25. The highest BCUT2D eigenvalue weighted by atomic mass is 32.2. The molecule has 9 heteroatoms. The van der Waals surface area contributed by atoms with E-state index in [9.17, 15) is 28.5 Å². The van der Waals surface area contributed by atoms with Crippen LogP contribution in [0.3, 0.4) is 0 Å². The third-order valence-electron chi connectivity index (χ3n) is 3.30. The molecule has 0 aliphatic carbocycles. The number of fused-ring (bicyclic) bond motifs is 1. The van der Waals surface area contributed by atoms with Crippen LogP contribution < -0.4 is 10.0 Å². The second-order valence-corrected chi connectivity index (χ2v) is 6.77. The molecule has 1 heterocycles. The molecule has 0 saturated carbocycles. The number of carbonyl (C=O) groups excluding carboxylic acids is 1. The van der Waals surface area contributed by atoms with Crippen LogP contribution in [-0.2, 0) is 15.8 Å². The summed E-state index contributed by atoms with van der Waals surface area (Å²) in [6, 6.07) is 6.21. The number of aromatic hydroxyl groups is 3. The average Bonchev–Trinajstić information content (AvgIpc) is 2.76. The minimum Gasteiger partial charge on any atom is -0.506 e. The highest BCUT2D eigenvalue weighted by Crippen LogP contribution is 2.38. The molecule has 0 bridgehead atoms. The van der Waals surface area contributed by atoms with Crippen LogP contribution in [0.15, 0.2) is 30.3 Å². The van der Waals surface area contributed by atoms with Gasteiger partial charge in [-0.15, -0.1) is 0 Å². The summed E-state index contributed by atoms with van der Waals surface area (Å²) in [5.74, 6) is -1.97. The van der Waals surface area contributed by atoms with E-state index in [1.165, 1.54) is 24.3 Å². The Hall–Kier alpha value is -2.94. The van der Waals surface area contributed by atoms with Crippen LogP contribution in [0.25, 0.3) is 0 Å². The summed E-state index contributed by atoms with van der Waals surface area (Å²) in [5.41, 5.74) is 0.739. The second kappa shape index (κ2) is 5.06. The first kappa shape index (κ1) is 15.0. The van der Waals surface area contributed by atoms with Crippen LogP contribution in [0.5, 0.6) is 17.2 Å². The van der Waals surface area contributed by atoms with Crippen molar-refractivity contribution in [2.45, 2.75) is 5.75 Å². The molecule has 0 fully saturated rings. The Morgan fingerprint density at radius 3 is 2.48 bits per heavy atom. The first-order valence-corrected chi connectivity index (χ1v) is 8.10. The molecule has 0 unspecified atom stereocenters. The molecule has 5 N–H and O–H groups in total. The zero-order chi connectivity index (χ0) is 16.8. The Balaban J connectivity index is 1.88. The largest absolute Gasteiger partial charge is 0.506 e. The molecule has 0 spiro atoms. The number of anilines is 2. The number of nitrogens with one attached hydrogen (secondary N) is 2. The smallest absolute Gasteiger partial charge is 0.255 e. The molecule has 1 aliphatic rings. The maximum atomic E-state index is 12.1. The van der Waals surface area contributed by atoms with Crippen molar-refractivity contribution < 1.29 is 28.5 Å². The standard InChI is InChI=1S/C14H12N2O6S/c17-10-2-1-7(4-11(10)18)14(20)15-9-3-8-6-23(21,22)16-13(8)12(19)5-9/h1-5,16-19H,6H2,(H,15,20). The van der Waals surface area contributed by atoms with Gasteiger partial charge in [-0.2, -0.15) is 0 Å². The fourth-order valence-corrected chi connectivity index (χ4v) is 3.51. The van der Waals surface area contributed by atoms with Crippen molar-refractivity contribution in [2.75, 3.05) is 10.0 Å². The minimum absolute atomic E-state index is 0.0889. The number of rotatable bonds is 2. The monoisotopic (exact) mass is 336 g/mol. The molecule has 2 aromatic carbocycles. The van der Waals surface area contributed by atoms with Gasteiger partial charge in [0.15, 0.2) is 11.5 Å². The van der Waals surface area contributed by atoms with E-state index in [1.54, 1.807) is 0 Å². The zero-order valence-electron chi connectivity index (χ0n) is 11.6. The van der Waals surface area contributed by atoms with Crippen LogP contribution in [0.2, 0.25) is 0 Å². The van der Waals surface area contributed by atoms with Crippen LogP contribution in [-0.4, -0.2) is 29.6 Å². The summed E-state index contributed by atoms with van der Waals surface area (Å²) in [6.45, 7) is 0. The summed E-state index contributed by atoms with van der Waals surface area (Å²) in [6.07, 6.45) is 0. The van der Waals surface area contributed by atoms with Crippen LogP contribution in [0.1, 0.15) is 15.9 Å². The van der Waals surface area contributed by atoms with Gasteiger partial charge >= 0.3 is 0 Å². The van der Waals surface area contributed by atoms with E-state index < -0.39 is 21.7 Å². The van der Waals surface area contributed by atoms with E-state index in [1.807, 2.05) is 0 Å².